The molecular weight excluding hydrogens is 230 g/mol. The number of hydrogen-bond donors (Lipinski definition) is 1. The van der Waals surface area contributed by atoms with Crippen LogP contribution in [0, 0.1) is 0 Å². The van der Waals surface area contributed by atoms with Gasteiger partial charge >= 0.3 is 0 Å². The third kappa shape index (κ3) is 3.61. The maximum Gasteiger partial charge on any atom is 0.133 e. The van der Waals surface area contributed by atoms with Crippen LogP contribution in [0.3, 0.4) is 0 Å². The number of anilines is 1. The van der Waals surface area contributed by atoms with Gasteiger partial charge in [-0.25, -0.2) is 4.98 Å². The third-order valence-corrected chi connectivity index (χ3v) is 3.74. The highest BCUT2D eigenvalue weighted by Gasteiger charge is 2.18. The Labute approximate surface area is 109 Å². The summed E-state index contributed by atoms with van der Waals surface area (Å²) in [5.41, 5.74) is 7.12. The zero-order chi connectivity index (χ0) is 12.8. The molecule has 17 heavy (non-hydrogen) atoms. The van der Waals surface area contributed by atoms with E-state index < -0.39 is 0 Å². The minimum atomic E-state index is 0.0212. The smallest absolute Gasteiger partial charge is 0.133 e. The molecule has 0 aliphatic rings. The average Bonchev–Trinajstić information content (AvgIpc) is 2.35. The first kappa shape index (κ1) is 14.3. The largest absolute Gasteiger partial charge is 0.356 e. The maximum atomic E-state index is 6.00. The molecule has 3 nitrogen and oxygen atoms in total. The zero-order valence-electron chi connectivity index (χ0n) is 11.2. The summed E-state index contributed by atoms with van der Waals surface area (Å²) >= 11 is 1.87. The molecule has 0 radical (unpaired) electrons. The fourth-order valence-electron chi connectivity index (χ4n) is 1.93. The standard InChI is InChI=1S/C13H23N3S/c1-5-11(9-17-4)16(3)13-12(10(2)14)7-6-8-15-13/h6-8,10-11H,5,9,14H2,1-4H3/t10-,11?/m0/s1. The van der Waals surface area contributed by atoms with E-state index in [1.165, 1.54) is 0 Å². The van der Waals surface area contributed by atoms with Crippen LogP contribution in [0.15, 0.2) is 18.3 Å². The van der Waals surface area contributed by atoms with Gasteiger partial charge in [-0.05, 0) is 25.7 Å². The van der Waals surface area contributed by atoms with Crippen molar-refractivity contribution in [2.24, 2.45) is 5.73 Å². The van der Waals surface area contributed by atoms with Crippen molar-refractivity contribution in [3.8, 4) is 0 Å². The van der Waals surface area contributed by atoms with Crippen molar-refractivity contribution in [3.05, 3.63) is 23.9 Å². The van der Waals surface area contributed by atoms with Crippen LogP contribution in [-0.2, 0) is 0 Å². The van der Waals surface area contributed by atoms with Gasteiger partial charge in [-0.15, -0.1) is 0 Å². The van der Waals surface area contributed by atoms with Crippen LogP contribution in [0.2, 0.25) is 0 Å². The monoisotopic (exact) mass is 253 g/mol. The summed E-state index contributed by atoms with van der Waals surface area (Å²) < 4.78 is 0. The van der Waals surface area contributed by atoms with Crippen LogP contribution < -0.4 is 10.6 Å². The molecule has 96 valence electrons. The Morgan fingerprint density at radius 3 is 2.76 bits per heavy atom. The molecular formula is C13H23N3S. The molecule has 0 fully saturated rings. The Hall–Kier alpha value is -0.740. The van der Waals surface area contributed by atoms with Gasteiger partial charge < -0.3 is 10.6 Å². The van der Waals surface area contributed by atoms with E-state index in [0.717, 1.165) is 23.6 Å². The molecule has 0 saturated heterocycles. The molecule has 0 saturated carbocycles. The first-order valence-corrected chi connectivity index (χ1v) is 7.43. The number of thioether (sulfide) groups is 1. The van der Waals surface area contributed by atoms with Crippen LogP contribution in [0.25, 0.3) is 0 Å². The van der Waals surface area contributed by atoms with E-state index in [1.54, 1.807) is 0 Å². The van der Waals surface area contributed by atoms with Gasteiger partial charge in [0.05, 0.1) is 0 Å². The molecule has 1 unspecified atom stereocenters. The topological polar surface area (TPSA) is 42.2 Å². The highest BCUT2D eigenvalue weighted by molar-refractivity contribution is 7.98. The zero-order valence-corrected chi connectivity index (χ0v) is 12.0. The van der Waals surface area contributed by atoms with Crippen molar-refractivity contribution >= 4 is 17.6 Å². The molecule has 0 spiro atoms. The molecule has 0 aliphatic heterocycles. The third-order valence-electron chi connectivity index (χ3n) is 3.02. The van der Waals surface area contributed by atoms with Gasteiger partial charge in [0.2, 0.25) is 0 Å². The quantitative estimate of drug-likeness (QED) is 0.846. The van der Waals surface area contributed by atoms with Crippen LogP contribution in [0.1, 0.15) is 31.9 Å². The van der Waals surface area contributed by atoms with E-state index in [1.807, 2.05) is 30.9 Å². The number of pyridine rings is 1. The fraction of sp³-hybridized carbons (Fsp3) is 0.615. The van der Waals surface area contributed by atoms with Crippen molar-refractivity contribution in [2.75, 3.05) is 24.0 Å². The van der Waals surface area contributed by atoms with Crippen molar-refractivity contribution < 1.29 is 0 Å². The summed E-state index contributed by atoms with van der Waals surface area (Å²) in [4.78, 5) is 6.75. The molecule has 0 aromatic carbocycles. The van der Waals surface area contributed by atoms with Gasteiger partial charge in [-0.2, -0.15) is 11.8 Å². The van der Waals surface area contributed by atoms with E-state index in [9.17, 15) is 0 Å². The SMILES string of the molecule is CCC(CSC)N(C)c1ncccc1[C@H](C)N. The van der Waals surface area contributed by atoms with E-state index >= 15 is 0 Å². The number of nitrogens with zero attached hydrogens (tertiary/aromatic N) is 2. The van der Waals surface area contributed by atoms with Gasteiger partial charge in [0.1, 0.15) is 5.82 Å². The second-order valence-electron chi connectivity index (χ2n) is 4.33. The summed E-state index contributed by atoms with van der Waals surface area (Å²) in [6.45, 7) is 4.22. The summed E-state index contributed by atoms with van der Waals surface area (Å²) in [7, 11) is 2.11. The molecule has 1 rings (SSSR count). The minimum absolute atomic E-state index is 0.0212. The summed E-state index contributed by atoms with van der Waals surface area (Å²) in [6, 6.07) is 4.55. The Balaban J connectivity index is 2.97. The fourth-order valence-corrected chi connectivity index (χ4v) is 2.77. The first-order valence-electron chi connectivity index (χ1n) is 6.04. The highest BCUT2D eigenvalue weighted by atomic mass is 32.2. The predicted molar refractivity (Wildman–Crippen MR) is 77.7 cm³/mol. The Kier molecular flexibility index (Phi) is 5.78. The van der Waals surface area contributed by atoms with E-state index in [-0.39, 0.29) is 6.04 Å². The lowest BCUT2D eigenvalue weighted by atomic mass is 10.1. The lowest BCUT2D eigenvalue weighted by molar-refractivity contribution is 0.657. The molecule has 2 N–H and O–H groups in total. The molecule has 1 heterocycles. The van der Waals surface area contributed by atoms with Gasteiger partial charge in [-0.3, -0.25) is 0 Å². The van der Waals surface area contributed by atoms with Crippen molar-refractivity contribution in [2.45, 2.75) is 32.4 Å². The summed E-state index contributed by atoms with van der Waals surface area (Å²) in [6.07, 6.45) is 5.09. The van der Waals surface area contributed by atoms with Crippen LogP contribution >= 0.6 is 11.8 Å². The number of hydrogen-bond acceptors (Lipinski definition) is 4. The first-order chi connectivity index (χ1) is 8.11. The summed E-state index contributed by atoms with van der Waals surface area (Å²) in [5.74, 6) is 2.13. The van der Waals surface area contributed by atoms with Crippen LogP contribution in [0.4, 0.5) is 5.82 Å². The molecule has 4 heteroatoms. The van der Waals surface area contributed by atoms with Gasteiger partial charge in [0.25, 0.3) is 0 Å². The van der Waals surface area contributed by atoms with Gasteiger partial charge in [-0.1, -0.05) is 13.0 Å². The number of nitrogens with two attached hydrogens (primary N) is 1. The number of aromatic nitrogens is 1. The molecule has 0 aliphatic carbocycles. The van der Waals surface area contributed by atoms with E-state index in [2.05, 4.69) is 36.2 Å². The second-order valence-corrected chi connectivity index (χ2v) is 5.24. The summed E-state index contributed by atoms with van der Waals surface area (Å²) in [5, 5.41) is 0. The Morgan fingerprint density at radius 2 is 2.24 bits per heavy atom. The minimum Gasteiger partial charge on any atom is -0.356 e. The molecule has 2 atom stereocenters. The maximum absolute atomic E-state index is 6.00. The van der Waals surface area contributed by atoms with E-state index in [4.69, 9.17) is 5.73 Å². The average molecular weight is 253 g/mol. The molecule has 0 bridgehead atoms. The number of rotatable bonds is 6. The molecule has 1 aromatic heterocycles. The van der Waals surface area contributed by atoms with Crippen molar-refractivity contribution in [1.29, 1.82) is 0 Å². The van der Waals surface area contributed by atoms with Gasteiger partial charge in [0.15, 0.2) is 0 Å². The van der Waals surface area contributed by atoms with E-state index in [0.29, 0.717) is 6.04 Å². The molecule has 1 aromatic rings. The molecule has 0 amide bonds. The Bertz CT molecular complexity index is 341. The highest BCUT2D eigenvalue weighted by Crippen LogP contribution is 2.24. The lowest BCUT2D eigenvalue weighted by Crippen LogP contribution is -2.35. The van der Waals surface area contributed by atoms with Crippen LogP contribution in [0.5, 0.6) is 0 Å². The van der Waals surface area contributed by atoms with Gasteiger partial charge in [0, 0.05) is 36.6 Å². The Morgan fingerprint density at radius 1 is 1.53 bits per heavy atom. The second kappa shape index (κ2) is 6.87. The predicted octanol–water partition coefficient (Wildman–Crippen LogP) is 2.68. The van der Waals surface area contributed by atoms with Crippen LogP contribution in [-0.4, -0.2) is 30.1 Å². The lowest BCUT2D eigenvalue weighted by Gasteiger charge is -2.30. The van der Waals surface area contributed by atoms with Crippen molar-refractivity contribution in [3.63, 3.8) is 0 Å². The van der Waals surface area contributed by atoms with Crippen molar-refractivity contribution in [1.82, 2.24) is 4.98 Å². The normalized spacial score (nSPS) is 14.4.